The van der Waals surface area contributed by atoms with Crippen LogP contribution in [0.15, 0.2) is 30.5 Å². The Labute approximate surface area is 225 Å². The van der Waals surface area contributed by atoms with Crippen LogP contribution >= 0.6 is 11.6 Å². The van der Waals surface area contributed by atoms with E-state index in [1.165, 1.54) is 19.3 Å². The molecule has 2 aromatic rings. The SMILES string of the molecule is CC(C)(C)OC(=O)N1CCC(c2c(C(=O)NCCCN3CCCCC3)cnn2-c2cccc(Cl)c2)CC1. The smallest absolute Gasteiger partial charge is 0.410 e. The summed E-state index contributed by atoms with van der Waals surface area (Å²) in [5, 5.41) is 8.34. The molecule has 1 aromatic heterocycles. The third-order valence-corrected chi connectivity index (χ3v) is 7.26. The summed E-state index contributed by atoms with van der Waals surface area (Å²) in [6.07, 6.45) is 7.61. The Morgan fingerprint density at radius 1 is 1.11 bits per heavy atom. The maximum absolute atomic E-state index is 13.3. The number of hydrogen-bond donors (Lipinski definition) is 1. The van der Waals surface area contributed by atoms with Crippen LogP contribution in [0.1, 0.15) is 81.3 Å². The summed E-state index contributed by atoms with van der Waals surface area (Å²) < 4.78 is 7.39. The molecule has 0 saturated carbocycles. The van der Waals surface area contributed by atoms with E-state index in [4.69, 9.17) is 16.3 Å². The Morgan fingerprint density at radius 2 is 1.84 bits per heavy atom. The molecule has 0 bridgehead atoms. The lowest BCUT2D eigenvalue weighted by atomic mass is 9.91. The average Bonchev–Trinajstić information content (AvgIpc) is 3.32. The first-order valence-corrected chi connectivity index (χ1v) is 13.9. The lowest BCUT2D eigenvalue weighted by molar-refractivity contribution is 0.0203. The second kappa shape index (κ2) is 12.3. The fourth-order valence-corrected chi connectivity index (χ4v) is 5.37. The summed E-state index contributed by atoms with van der Waals surface area (Å²) in [4.78, 5) is 30.1. The van der Waals surface area contributed by atoms with Crippen molar-refractivity contribution in [2.45, 2.75) is 70.8 Å². The number of benzene rings is 1. The first-order chi connectivity index (χ1) is 17.7. The number of piperidine rings is 2. The third-order valence-electron chi connectivity index (χ3n) is 7.02. The van der Waals surface area contributed by atoms with E-state index in [-0.39, 0.29) is 17.9 Å². The number of aromatic nitrogens is 2. The maximum atomic E-state index is 13.3. The number of carbonyl (C=O) groups is 2. The molecule has 2 aliphatic rings. The Bertz CT molecular complexity index is 1070. The van der Waals surface area contributed by atoms with Crippen LogP contribution in [-0.4, -0.2) is 76.5 Å². The van der Waals surface area contributed by atoms with E-state index in [0.29, 0.717) is 30.2 Å². The van der Waals surface area contributed by atoms with Crippen molar-refractivity contribution in [1.82, 2.24) is 24.9 Å². The molecule has 2 aliphatic heterocycles. The highest BCUT2D eigenvalue weighted by molar-refractivity contribution is 6.30. The summed E-state index contributed by atoms with van der Waals surface area (Å²) in [7, 11) is 0. The summed E-state index contributed by atoms with van der Waals surface area (Å²) in [6.45, 7) is 10.7. The van der Waals surface area contributed by atoms with Gasteiger partial charge in [-0.3, -0.25) is 4.79 Å². The number of likely N-dealkylation sites (tertiary alicyclic amines) is 2. The van der Waals surface area contributed by atoms with Crippen molar-refractivity contribution in [3.05, 3.63) is 46.7 Å². The number of rotatable bonds is 7. The van der Waals surface area contributed by atoms with Gasteiger partial charge in [0, 0.05) is 30.6 Å². The molecule has 1 N–H and O–H groups in total. The molecular weight excluding hydrogens is 490 g/mol. The highest BCUT2D eigenvalue weighted by atomic mass is 35.5. The molecule has 0 unspecified atom stereocenters. The molecule has 0 spiro atoms. The van der Waals surface area contributed by atoms with Gasteiger partial charge < -0.3 is 19.9 Å². The van der Waals surface area contributed by atoms with Gasteiger partial charge in [-0.05, 0) is 90.7 Å². The first kappa shape index (κ1) is 27.5. The van der Waals surface area contributed by atoms with Crippen molar-refractivity contribution in [1.29, 1.82) is 0 Å². The predicted molar refractivity (Wildman–Crippen MR) is 146 cm³/mol. The van der Waals surface area contributed by atoms with Crippen LogP contribution in [0.3, 0.4) is 0 Å². The molecule has 0 radical (unpaired) electrons. The number of carbonyl (C=O) groups excluding carboxylic acids is 2. The second-order valence-corrected chi connectivity index (χ2v) is 11.5. The van der Waals surface area contributed by atoms with E-state index in [0.717, 1.165) is 50.3 Å². The van der Waals surface area contributed by atoms with E-state index in [1.807, 2.05) is 49.7 Å². The van der Waals surface area contributed by atoms with Gasteiger partial charge in [0.2, 0.25) is 0 Å². The van der Waals surface area contributed by atoms with Gasteiger partial charge in [-0.2, -0.15) is 5.10 Å². The maximum Gasteiger partial charge on any atom is 0.410 e. The molecule has 1 aromatic carbocycles. The van der Waals surface area contributed by atoms with Crippen LogP contribution in [0, 0.1) is 0 Å². The Balaban J connectivity index is 1.46. The van der Waals surface area contributed by atoms with E-state index in [2.05, 4.69) is 15.3 Å². The Hall–Kier alpha value is -2.58. The number of halogens is 1. The van der Waals surface area contributed by atoms with Gasteiger partial charge in [-0.15, -0.1) is 0 Å². The first-order valence-electron chi connectivity index (χ1n) is 13.5. The van der Waals surface area contributed by atoms with Crippen molar-refractivity contribution in [3.8, 4) is 5.69 Å². The van der Waals surface area contributed by atoms with E-state index in [9.17, 15) is 9.59 Å². The molecule has 2 fully saturated rings. The van der Waals surface area contributed by atoms with Crippen LogP contribution in [-0.2, 0) is 4.74 Å². The van der Waals surface area contributed by atoms with E-state index < -0.39 is 5.60 Å². The van der Waals surface area contributed by atoms with Crippen LogP contribution < -0.4 is 5.32 Å². The third kappa shape index (κ3) is 7.48. The molecule has 2 saturated heterocycles. The van der Waals surface area contributed by atoms with E-state index in [1.54, 1.807) is 11.1 Å². The molecule has 202 valence electrons. The van der Waals surface area contributed by atoms with Crippen LogP contribution in [0.2, 0.25) is 5.02 Å². The van der Waals surface area contributed by atoms with Crippen molar-refractivity contribution in [2.24, 2.45) is 0 Å². The average molecular weight is 530 g/mol. The van der Waals surface area contributed by atoms with Gasteiger partial charge >= 0.3 is 6.09 Å². The van der Waals surface area contributed by atoms with Crippen molar-refractivity contribution >= 4 is 23.6 Å². The highest BCUT2D eigenvalue weighted by Gasteiger charge is 2.32. The molecule has 8 nitrogen and oxygen atoms in total. The van der Waals surface area contributed by atoms with Gasteiger partial charge in [0.25, 0.3) is 5.91 Å². The lowest BCUT2D eigenvalue weighted by Gasteiger charge is -2.34. The zero-order chi connectivity index (χ0) is 26.4. The molecule has 3 heterocycles. The summed E-state index contributed by atoms with van der Waals surface area (Å²) in [5.41, 5.74) is 1.76. The van der Waals surface area contributed by atoms with Gasteiger partial charge in [-0.1, -0.05) is 24.1 Å². The minimum absolute atomic E-state index is 0.0780. The molecule has 9 heteroatoms. The number of ether oxygens (including phenoxy) is 1. The van der Waals surface area contributed by atoms with Gasteiger partial charge in [0.15, 0.2) is 0 Å². The Morgan fingerprint density at radius 3 is 2.51 bits per heavy atom. The minimum Gasteiger partial charge on any atom is -0.444 e. The van der Waals surface area contributed by atoms with Crippen LogP contribution in [0.25, 0.3) is 5.69 Å². The fourth-order valence-electron chi connectivity index (χ4n) is 5.18. The number of nitrogens with zero attached hydrogens (tertiary/aromatic N) is 4. The summed E-state index contributed by atoms with van der Waals surface area (Å²) >= 11 is 6.27. The lowest BCUT2D eigenvalue weighted by Crippen LogP contribution is -2.41. The second-order valence-electron chi connectivity index (χ2n) is 11.1. The molecule has 4 rings (SSSR count). The zero-order valence-electron chi connectivity index (χ0n) is 22.3. The Kier molecular flexibility index (Phi) is 9.13. The quantitative estimate of drug-likeness (QED) is 0.496. The standard InChI is InChI=1S/C28H40ClN5O3/c1-28(2,3)37-27(36)33-17-11-21(12-18-33)25-24(20-31-34(25)23-10-7-9-22(29)19-23)26(35)30-13-8-16-32-14-5-4-6-15-32/h7,9-10,19-21H,4-6,8,11-18H2,1-3H3,(H,30,35). The van der Waals surface area contributed by atoms with Gasteiger partial charge in [0.05, 0.1) is 23.1 Å². The summed E-state index contributed by atoms with van der Waals surface area (Å²) in [6, 6.07) is 7.50. The minimum atomic E-state index is -0.529. The topological polar surface area (TPSA) is 79.7 Å². The zero-order valence-corrected chi connectivity index (χ0v) is 23.1. The number of amides is 2. The number of hydrogen-bond acceptors (Lipinski definition) is 5. The largest absolute Gasteiger partial charge is 0.444 e. The monoisotopic (exact) mass is 529 g/mol. The van der Waals surface area contributed by atoms with Crippen molar-refractivity contribution in [3.63, 3.8) is 0 Å². The van der Waals surface area contributed by atoms with Crippen molar-refractivity contribution in [2.75, 3.05) is 39.3 Å². The predicted octanol–water partition coefficient (Wildman–Crippen LogP) is 5.25. The molecule has 0 atom stereocenters. The normalized spacial score (nSPS) is 17.6. The molecular formula is C28H40ClN5O3. The van der Waals surface area contributed by atoms with Gasteiger partial charge in [0.1, 0.15) is 5.60 Å². The van der Waals surface area contributed by atoms with Crippen LogP contribution in [0.4, 0.5) is 4.79 Å². The molecule has 37 heavy (non-hydrogen) atoms. The molecule has 0 aliphatic carbocycles. The van der Waals surface area contributed by atoms with E-state index >= 15 is 0 Å². The fraction of sp³-hybridized carbons (Fsp3) is 0.607. The summed E-state index contributed by atoms with van der Waals surface area (Å²) in [5.74, 6) is -0.0224. The highest BCUT2D eigenvalue weighted by Crippen LogP contribution is 2.33. The van der Waals surface area contributed by atoms with Crippen LogP contribution in [0.5, 0.6) is 0 Å². The van der Waals surface area contributed by atoms with Gasteiger partial charge in [-0.25, -0.2) is 9.48 Å². The van der Waals surface area contributed by atoms with Crippen molar-refractivity contribution < 1.29 is 14.3 Å². The number of nitrogens with one attached hydrogen (secondary N) is 1. The molecule has 2 amide bonds.